The molecule has 0 spiro atoms. The Morgan fingerprint density at radius 1 is 1.10 bits per heavy atom. The Bertz CT molecular complexity index is 610. The lowest BCUT2D eigenvalue weighted by atomic mass is 9.95. The van der Waals surface area contributed by atoms with Crippen LogP contribution in [0.2, 0.25) is 5.02 Å². The first-order valence-electron chi connectivity index (χ1n) is 7.21. The molecule has 1 unspecified atom stereocenters. The summed E-state index contributed by atoms with van der Waals surface area (Å²) in [5.41, 5.74) is 3.57. The zero-order valence-corrected chi connectivity index (χ0v) is 13.7. The topological polar surface area (TPSA) is 21.3 Å². The molecular weight excluding hydrogens is 282 g/mol. The Morgan fingerprint density at radius 3 is 2.52 bits per heavy atom. The maximum absolute atomic E-state index is 6.15. The number of aryl methyl sites for hydroxylation is 1. The largest absolute Gasteiger partial charge is 0.491 e. The van der Waals surface area contributed by atoms with E-state index in [2.05, 4.69) is 30.4 Å². The highest BCUT2D eigenvalue weighted by atomic mass is 35.5. The van der Waals surface area contributed by atoms with Gasteiger partial charge in [-0.2, -0.15) is 0 Å². The van der Waals surface area contributed by atoms with Gasteiger partial charge in [-0.15, -0.1) is 0 Å². The third-order valence-electron chi connectivity index (χ3n) is 3.40. The van der Waals surface area contributed by atoms with Crippen molar-refractivity contribution >= 4 is 11.6 Å². The van der Waals surface area contributed by atoms with Crippen LogP contribution in [-0.2, 0) is 0 Å². The molecule has 0 bridgehead atoms. The van der Waals surface area contributed by atoms with Gasteiger partial charge < -0.3 is 10.1 Å². The quantitative estimate of drug-likeness (QED) is 0.861. The van der Waals surface area contributed by atoms with Crippen molar-refractivity contribution in [2.75, 3.05) is 7.05 Å². The standard InChI is InChI=1S/C18H22ClNO/c1-12(2)21-16-7-5-6-14(10-16)18(20-4)17-11-15(19)9-8-13(17)3/h5-12,18,20H,1-4H3. The van der Waals surface area contributed by atoms with Crippen molar-refractivity contribution in [3.05, 3.63) is 64.2 Å². The van der Waals surface area contributed by atoms with Gasteiger partial charge >= 0.3 is 0 Å². The van der Waals surface area contributed by atoms with Crippen molar-refractivity contribution < 1.29 is 4.74 Å². The third-order valence-corrected chi connectivity index (χ3v) is 3.64. The minimum atomic E-state index is 0.0967. The minimum Gasteiger partial charge on any atom is -0.491 e. The van der Waals surface area contributed by atoms with Crippen molar-refractivity contribution in [1.82, 2.24) is 5.32 Å². The van der Waals surface area contributed by atoms with Gasteiger partial charge in [0.1, 0.15) is 5.75 Å². The number of hydrogen-bond donors (Lipinski definition) is 1. The summed E-state index contributed by atoms with van der Waals surface area (Å²) in [5.74, 6) is 0.891. The molecule has 2 nitrogen and oxygen atoms in total. The molecule has 0 aliphatic rings. The summed E-state index contributed by atoms with van der Waals surface area (Å²) in [6.07, 6.45) is 0.168. The average Bonchev–Trinajstić information content (AvgIpc) is 2.43. The normalized spacial score (nSPS) is 12.5. The van der Waals surface area contributed by atoms with E-state index in [9.17, 15) is 0 Å². The van der Waals surface area contributed by atoms with Crippen molar-refractivity contribution in [3.8, 4) is 5.75 Å². The first kappa shape index (κ1) is 15.9. The lowest BCUT2D eigenvalue weighted by Crippen LogP contribution is -2.19. The smallest absolute Gasteiger partial charge is 0.120 e. The summed E-state index contributed by atoms with van der Waals surface area (Å²) in [6.45, 7) is 6.16. The fourth-order valence-corrected chi connectivity index (χ4v) is 2.64. The highest BCUT2D eigenvalue weighted by Crippen LogP contribution is 2.29. The van der Waals surface area contributed by atoms with Crippen LogP contribution in [0.4, 0.5) is 0 Å². The van der Waals surface area contributed by atoms with Crippen LogP contribution in [0.25, 0.3) is 0 Å². The van der Waals surface area contributed by atoms with Gasteiger partial charge in [-0.05, 0) is 68.8 Å². The minimum absolute atomic E-state index is 0.0967. The van der Waals surface area contributed by atoms with Gasteiger partial charge in [0.15, 0.2) is 0 Å². The fourth-order valence-electron chi connectivity index (χ4n) is 2.46. The van der Waals surface area contributed by atoms with Crippen LogP contribution in [-0.4, -0.2) is 13.2 Å². The lowest BCUT2D eigenvalue weighted by Gasteiger charge is -2.21. The second-order valence-electron chi connectivity index (χ2n) is 5.46. The molecule has 1 N–H and O–H groups in total. The van der Waals surface area contributed by atoms with Gasteiger partial charge in [0.05, 0.1) is 12.1 Å². The van der Waals surface area contributed by atoms with Crippen molar-refractivity contribution in [1.29, 1.82) is 0 Å². The molecule has 21 heavy (non-hydrogen) atoms. The van der Waals surface area contributed by atoms with Gasteiger partial charge in [0.2, 0.25) is 0 Å². The van der Waals surface area contributed by atoms with Crippen LogP contribution in [0.1, 0.15) is 36.6 Å². The summed E-state index contributed by atoms with van der Waals surface area (Å²) >= 11 is 6.15. The number of nitrogens with one attached hydrogen (secondary N) is 1. The van der Waals surface area contributed by atoms with Gasteiger partial charge in [-0.25, -0.2) is 0 Å². The SMILES string of the molecule is CNC(c1cccc(OC(C)C)c1)c1cc(Cl)ccc1C. The molecule has 0 amide bonds. The van der Waals surface area contributed by atoms with E-state index in [-0.39, 0.29) is 12.1 Å². The van der Waals surface area contributed by atoms with Crippen molar-refractivity contribution in [2.45, 2.75) is 32.9 Å². The van der Waals surface area contributed by atoms with Gasteiger partial charge in [0.25, 0.3) is 0 Å². The predicted octanol–water partition coefficient (Wildman–Crippen LogP) is 4.74. The highest BCUT2D eigenvalue weighted by Gasteiger charge is 2.15. The Balaban J connectivity index is 2.39. The third kappa shape index (κ3) is 3.99. The first-order valence-corrected chi connectivity index (χ1v) is 7.59. The molecule has 2 aromatic rings. The molecule has 3 heteroatoms. The van der Waals surface area contributed by atoms with Gasteiger partial charge in [-0.3, -0.25) is 0 Å². The summed E-state index contributed by atoms with van der Waals surface area (Å²) < 4.78 is 5.79. The lowest BCUT2D eigenvalue weighted by molar-refractivity contribution is 0.242. The molecular formula is C18H22ClNO. The Kier molecular flexibility index (Phi) is 5.27. The molecule has 0 radical (unpaired) electrons. The molecule has 0 fully saturated rings. The second kappa shape index (κ2) is 6.97. The number of rotatable bonds is 5. The summed E-state index contributed by atoms with van der Waals surface area (Å²) in [4.78, 5) is 0. The zero-order chi connectivity index (χ0) is 15.4. The highest BCUT2D eigenvalue weighted by molar-refractivity contribution is 6.30. The van der Waals surface area contributed by atoms with Crippen molar-refractivity contribution in [2.24, 2.45) is 0 Å². The zero-order valence-electron chi connectivity index (χ0n) is 13.0. The molecule has 0 heterocycles. The van der Waals surface area contributed by atoms with E-state index >= 15 is 0 Å². The van der Waals surface area contributed by atoms with E-state index in [0.717, 1.165) is 10.8 Å². The molecule has 2 aromatic carbocycles. The van der Waals surface area contributed by atoms with Gasteiger partial charge in [-0.1, -0.05) is 29.8 Å². The Hall–Kier alpha value is -1.51. The Labute approximate surface area is 132 Å². The number of ether oxygens (including phenoxy) is 1. The molecule has 0 aromatic heterocycles. The predicted molar refractivity (Wildman–Crippen MR) is 89.3 cm³/mol. The fraction of sp³-hybridized carbons (Fsp3) is 0.333. The molecule has 2 rings (SSSR count). The van der Waals surface area contributed by atoms with E-state index in [4.69, 9.17) is 16.3 Å². The number of hydrogen-bond acceptors (Lipinski definition) is 2. The van der Waals surface area contributed by atoms with Crippen LogP contribution >= 0.6 is 11.6 Å². The number of halogens is 1. The van der Waals surface area contributed by atoms with Crippen LogP contribution in [0.3, 0.4) is 0 Å². The summed E-state index contributed by atoms with van der Waals surface area (Å²) in [6, 6.07) is 14.3. The first-order chi connectivity index (χ1) is 10.0. The maximum atomic E-state index is 6.15. The Morgan fingerprint density at radius 2 is 1.86 bits per heavy atom. The molecule has 0 saturated carbocycles. The van der Waals surface area contributed by atoms with Crippen LogP contribution in [0.15, 0.2) is 42.5 Å². The van der Waals surface area contributed by atoms with Crippen LogP contribution < -0.4 is 10.1 Å². The maximum Gasteiger partial charge on any atom is 0.120 e. The molecule has 0 aliphatic heterocycles. The summed E-state index contributed by atoms with van der Waals surface area (Å²) in [7, 11) is 1.96. The second-order valence-corrected chi connectivity index (χ2v) is 5.90. The van der Waals surface area contributed by atoms with Crippen molar-refractivity contribution in [3.63, 3.8) is 0 Å². The van der Waals surface area contributed by atoms with Gasteiger partial charge in [0, 0.05) is 5.02 Å². The van der Waals surface area contributed by atoms with E-state index in [1.807, 2.05) is 45.2 Å². The molecule has 1 atom stereocenters. The molecule has 0 saturated heterocycles. The summed E-state index contributed by atoms with van der Waals surface area (Å²) in [5, 5.41) is 4.12. The molecule has 112 valence electrons. The van der Waals surface area contributed by atoms with Crippen LogP contribution in [0.5, 0.6) is 5.75 Å². The number of benzene rings is 2. The van der Waals surface area contributed by atoms with Crippen LogP contribution in [0, 0.1) is 6.92 Å². The van der Waals surface area contributed by atoms with E-state index in [1.165, 1.54) is 16.7 Å². The average molecular weight is 304 g/mol. The van der Waals surface area contributed by atoms with E-state index in [0.29, 0.717) is 0 Å². The molecule has 0 aliphatic carbocycles. The monoisotopic (exact) mass is 303 g/mol. The van der Waals surface area contributed by atoms with E-state index < -0.39 is 0 Å². The van der Waals surface area contributed by atoms with E-state index in [1.54, 1.807) is 0 Å².